The first-order valence-corrected chi connectivity index (χ1v) is 7.15. The number of carboxylic acids is 2. The molecule has 0 aliphatic carbocycles. The molecule has 20 heavy (non-hydrogen) atoms. The third kappa shape index (κ3) is 16.9. The molecule has 4 N–H and O–H groups in total. The molecule has 0 rings (SSSR count). The van der Waals surface area contributed by atoms with Gasteiger partial charge in [-0.25, -0.2) is 0 Å². The maximum atomic E-state index is 10.9. The molecule has 0 aliphatic rings. The zero-order chi connectivity index (χ0) is 15.8. The molecule has 0 aromatic heterocycles. The summed E-state index contributed by atoms with van der Waals surface area (Å²) in [4.78, 5) is 21.1. The molecule has 0 aromatic rings. The second-order valence-corrected chi connectivity index (χ2v) is 4.62. The summed E-state index contributed by atoms with van der Waals surface area (Å²) in [5, 5.41) is 32.6. The number of aliphatic hydroxyl groups excluding tert-OH is 2. The van der Waals surface area contributed by atoms with E-state index in [1.165, 1.54) is 0 Å². The van der Waals surface area contributed by atoms with Crippen molar-refractivity contribution < 1.29 is 30.0 Å². The number of aliphatic carboxylic acids is 2. The molecule has 0 radical (unpaired) electrons. The van der Waals surface area contributed by atoms with Gasteiger partial charge in [0.1, 0.15) is 0 Å². The van der Waals surface area contributed by atoms with E-state index in [1.54, 1.807) is 0 Å². The second kappa shape index (κ2) is 15.9. The van der Waals surface area contributed by atoms with E-state index in [2.05, 4.69) is 0 Å². The number of aliphatic hydroxyl groups is 2. The van der Waals surface area contributed by atoms with E-state index >= 15 is 0 Å². The number of rotatable bonds is 11. The van der Waals surface area contributed by atoms with Crippen LogP contribution in [-0.2, 0) is 9.59 Å². The first kappa shape index (κ1) is 21.2. The highest BCUT2D eigenvalue weighted by atomic mass is 16.4. The monoisotopic (exact) mass is 292 g/mol. The fourth-order valence-corrected chi connectivity index (χ4v) is 1.69. The van der Waals surface area contributed by atoms with Gasteiger partial charge in [-0.3, -0.25) is 9.59 Å². The first-order chi connectivity index (χ1) is 9.49. The van der Waals surface area contributed by atoms with Crippen LogP contribution in [0.3, 0.4) is 0 Å². The van der Waals surface area contributed by atoms with Gasteiger partial charge in [0.25, 0.3) is 0 Å². The Labute approximate surface area is 120 Å². The third-order valence-corrected chi connectivity index (χ3v) is 2.80. The molecule has 0 spiro atoms. The number of carboxylic acid groups (broad SMARTS) is 2. The van der Waals surface area contributed by atoms with Gasteiger partial charge in [0.05, 0.1) is 19.1 Å². The minimum atomic E-state index is -0.777. The zero-order valence-corrected chi connectivity index (χ0v) is 12.3. The van der Waals surface area contributed by atoms with Crippen LogP contribution in [0.1, 0.15) is 58.3 Å². The van der Waals surface area contributed by atoms with Crippen molar-refractivity contribution in [3.05, 3.63) is 0 Å². The largest absolute Gasteiger partial charge is 0.481 e. The summed E-state index contributed by atoms with van der Waals surface area (Å²) in [5.74, 6) is -1.74. The number of hydrogen-bond acceptors (Lipinski definition) is 4. The standard InChI is InChI=1S/C12H22O4.C2H6O2/c1-2-3-7-10(12(15)16)8-5-4-6-9-11(13)14;3-1-2-4/h10H,2-9H2,1H3,(H,13,14)(H,15,16);3-4H,1-2H2. The van der Waals surface area contributed by atoms with Crippen LogP contribution in [0.2, 0.25) is 0 Å². The Kier molecular flexibility index (Phi) is 16.8. The highest BCUT2D eigenvalue weighted by Crippen LogP contribution is 2.17. The Balaban J connectivity index is 0. The van der Waals surface area contributed by atoms with Crippen molar-refractivity contribution in [2.24, 2.45) is 5.92 Å². The predicted octanol–water partition coefficient (Wildman–Crippen LogP) is 1.88. The predicted molar refractivity (Wildman–Crippen MR) is 75.5 cm³/mol. The van der Waals surface area contributed by atoms with Gasteiger partial charge >= 0.3 is 11.9 Å². The molecule has 0 aromatic carbocycles. The van der Waals surface area contributed by atoms with Gasteiger partial charge in [-0.1, -0.05) is 32.6 Å². The minimum absolute atomic E-state index is 0.125. The molecule has 0 fully saturated rings. The SMILES string of the molecule is CCCCC(CCCCCC(=O)O)C(=O)O.OCCO. The summed E-state index contributed by atoms with van der Waals surface area (Å²) in [6.45, 7) is 1.80. The number of carbonyl (C=O) groups is 2. The van der Waals surface area contributed by atoms with Crippen molar-refractivity contribution in [1.82, 2.24) is 0 Å². The lowest BCUT2D eigenvalue weighted by atomic mass is 9.95. The molecule has 0 heterocycles. The van der Waals surface area contributed by atoms with Gasteiger partial charge in [-0.15, -0.1) is 0 Å². The lowest BCUT2D eigenvalue weighted by Crippen LogP contribution is -2.13. The molecular weight excluding hydrogens is 264 g/mol. The van der Waals surface area contributed by atoms with Crippen LogP contribution in [-0.4, -0.2) is 45.6 Å². The van der Waals surface area contributed by atoms with Gasteiger partial charge in [-0.05, 0) is 19.3 Å². The summed E-state index contributed by atoms with van der Waals surface area (Å²) >= 11 is 0. The molecule has 0 saturated heterocycles. The van der Waals surface area contributed by atoms with Crippen LogP contribution in [0, 0.1) is 5.92 Å². The van der Waals surface area contributed by atoms with E-state index in [9.17, 15) is 9.59 Å². The maximum Gasteiger partial charge on any atom is 0.306 e. The lowest BCUT2D eigenvalue weighted by molar-refractivity contribution is -0.142. The average Bonchev–Trinajstić information content (AvgIpc) is 2.41. The highest BCUT2D eigenvalue weighted by molar-refractivity contribution is 5.69. The van der Waals surface area contributed by atoms with E-state index in [4.69, 9.17) is 20.4 Å². The number of unbranched alkanes of at least 4 members (excludes halogenated alkanes) is 3. The Bertz CT molecular complexity index is 240. The van der Waals surface area contributed by atoms with Crippen molar-refractivity contribution >= 4 is 11.9 Å². The van der Waals surface area contributed by atoms with Crippen LogP contribution >= 0.6 is 0 Å². The molecule has 1 atom stereocenters. The van der Waals surface area contributed by atoms with E-state index in [1.807, 2.05) is 6.92 Å². The highest BCUT2D eigenvalue weighted by Gasteiger charge is 2.15. The summed E-state index contributed by atoms with van der Waals surface area (Å²) in [6.07, 6.45) is 5.84. The van der Waals surface area contributed by atoms with Crippen LogP contribution < -0.4 is 0 Å². The maximum absolute atomic E-state index is 10.9. The Morgan fingerprint density at radius 1 is 0.900 bits per heavy atom. The van der Waals surface area contributed by atoms with Crippen LogP contribution in [0.4, 0.5) is 0 Å². The summed E-state index contributed by atoms with van der Waals surface area (Å²) in [6, 6.07) is 0. The third-order valence-electron chi connectivity index (χ3n) is 2.80. The van der Waals surface area contributed by atoms with Crippen molar-refractivity contribution in [3.63, 3.8) is 0 Å². The molecule has 120 valence electrons. The van der Waals surface area contributed by atoms with Gasteiger partial charge in [0.2, 0.25) is 0 Å². The normalized spacial score (nSPS) is 11.3. The molecular formula is C14H28O6. The Hall–Kier alpha value is -1.14. The molecule has 0 amide bonds. The second-order valence-electron chi connectivity index (χ2n) is 4.62. The van der Waals surface area contributed by atoms with Crippen molar-refractivity contribution in [1.29, 1.82) is 0 Å². The summed E-state index contributed by atoms with van der Waals surface area (Å²) < 4.78 is 0. The fourth-order valence-electron chi connectivity index (χ4n) is 1.69. The van der Waals surface area contributed by atoms with Crippen LogP contribution in [0.25, 0.3) is 0 Å². The first-order valence-electron chi connectivity index (χ1n) is 7.15. The molecule has 1 unspecified atom stereocenters. The topological polar surface area (TPSA) is 115 Å². The quantitative estimate of drug-likeness (QED) is 0.432. The van der Waals surface area contributed by atoms with Gasteiger partial charge in [-0.2, -0.15) is 0 Å². The molecule has 6 nitrogen and oxygen atoms in total. The Morgan fingerprint density at radius 2 is 1.45 bits per heavy atom. The zero-order valence-electron chi connectivity index (χ0n) is 12.3. The van der Waals surface area contributed by atoms with E-state index in [0.717, 1.165) is 32.1 Å². The minimum Gasteiger partial charge on any atom is -0.481 e. The average molecular weight is 292 g/mol. The fraction of sp³-hybridized carbons (Fsp3) is 0.857. The van der Waals surface area contributed by atoms with Crippen molar-refractivity contribution in [3.8, 4) is 0 Å². The van der Waals surface area contributed by atoms with E-state index in [0.29, 0.717) is 12.8 Å². The molecule has 0 bridgehead atoms. The molecule has 6 heteroatoms. The smallest absolute Gasteiger partial charge is 0.306 e. The Morgan fingerprint density at radius 3 is 1.85 bits per heavy atom. The van der Waals surface area contributed by atoms with Gasteiger partial charge in [0.15, 0.2) is 0 Å². The lowest BCUT2D eigenvalue weighted by Gasteiger charge is -2.10. The van der Waals surface area contributed by atoms with Crippen LogP contribution in [0.15, 0.2) is 0 Å². The van der Waals surface area contributed by atoms with Crippen molar-refractivity contribution in [2.75, 3.05) is 13.2 Å². The van der Waals surface area contributed by atoms with E-state index in [-0.39, 0.29) is 25.6 Å². The number of hydrogen-bond donors (Lipinski definition) is 4. The molecule has 0 saturated carbocycles. The summed E-state index contributed by atoms with van der Waals surface area (Å²) in [5.41, 5.74) is 0. The molecule has 0 aliphatic heterocycles. The van der Waals surface area contributed by atoms with Gasteiger partial charge < -0.3 is 20.4 Å². The van der Waals surface area contributed by atoms with E-state index < -0.39 is 11.9 Å². The van der Waals surface area contributed by atoms with Crippen LogP contribution in [0.5, 0.6) is 0 Å². The van der Waals surface area contributed by atoms with Crippen molar-refractivity contribution in [2.45, 2.75) is 58.3 Å². The summed E-state index contributed by atoms with van der Waals surface area (Å²) in [7, 11) is 0. The van der Waals surface area contributed by atoms with Gasteiger partial charge in [0, 0.05) is 6.42 Å².